The zero-order valence-corrected chi connectivity index (χ0v) is 17.5. The second kappa shape index (κ2) is 9.06. The Morgan fingerprint density at radius 2 is 1.97 bits per heavy atom. The van der Waals surface area contributed by atoms with Crippen LogP contribution >= 0.6 is 11.3 Å². The van der Waals surface area contributed by atoms with Crippen LogP contribution in [0.2, 0.25) is 0 Å². The molecule has 2 aromatic rings. The molecule has 156 valence electrons. The molecule has 2 amide bonds. The number of likely N-dealkylation sites (tertiary alicyclic amines) is 1. The molecule has 0 spiro atoms. The van der Waals surface area contributed by atoms with E-state index in [2.05, 4.69) is 37.8 Å². The minimum atomic E-state index is -0.0984. The number of carbonyl (C=O) groups excluding carboxylic acids is 2. The number of rotatable bonds is 6. The van der Waals surface area contributed by atoms with Gasteiger partial charge in [0.05, 0.1) is 19.1 Å². The molecule has 8 nitrogen and oxygen atoms in total. The fourth-order valence-electron chi connectivity index (χ4n) is 4.04. The summed E-state index contributed by atoms with van der Waals surface area (Å²) in [6, 6.07) is 6.13. The van der Waals surface area contributed by atoms with Crippen molar-refractivity contribution in [2.75, 3.05) is 51.1 Å². The molecule has 1 N–H and O–H groups in total. The second-order valence-corrected chi connectivity index (χ2v) is 8.66. The molecule has 2 aromatic heterocycles. The zero-order valence-electron chi connectivity index (χ0n) is 16.7. The molecule has 2 aliphatic heterocycles. The number of nitrogens with zero attached hydrogens (tertiary/aromatic N) is 4. The van der Waals surface area contributed by atoms with Gasteiger partial charge in [-0.1, -0.05) is 11.2 Å². The Morgan fingerprint density at radius 3 is 2.62 bits per heavy atom. The smallest absolute Gasteiger partial charge is 0.239 e. The summed E-state index contributed by atoms with van der Waals surface area (Å²) in [6.07, 6.45) is 2.13. The number of nitrogens with one attached hydrogen (secondary N) is 1. The van der Waals surface area contributed by atoms with Gasteiger partial charge in [-0.15, -0.1) is 11.3 Å². The van der Waals surface area contributed by atoms with Gasteiger partial charge in [-0.3, -0.25) is 19.4 Å². The fourth-order valence-corrected chi connectivity index (χ4v) is 4.91. The van der Waals surface area contributed by atoms with Gasteiger partial charge in [-0.05, 0) is 31.2 Å². The number of anilines is 1. The summed E-state index contributed by atoms with van der Waals surface area (Å²) in [5.41, 5.74) is 0. The second-order valence-electron chi connectivity index (χ2n) is 7.68. The first kappa shape index (κ1) is 20.1. The molecule has 0 saturated carbocycles. The van der Waals surface area contributed by atoms with Crippen LogP contribution in [0.4, 0.5) is 5.82 Å². The number of aromatic nitrogens is 1. The number of piperazine rings is 1. The summed E-state index contributed by atoms with van der Waals surface area (Å²) in [4.78, 5) is 32.7. The molecule has 2 aliphatic rings. The quantitative estimate of drug-likeness (QED) is 0.774. The van der Waals surface area contributed by atoms with Crippen LogP contribution in [0.15, 0.2) is 28.1 Å². The van der Waals surface area contributed by atoms with E-state index in [4.69, 9.17) is 4.52 Å². The maximum Gasteiger partial charge on any atom is 0.239 e. The predicted octanol–water partition coefficient (Wildman–Crippen LogP) is 1.96. The largest absolute Gasteiger partial charge is 0.360 e. The number of carbonyl (C=O) groups is 2. The number of hydrogen-bond donors (Lipinski definition) is 1. The van der Waals surface area contributed by atoms with E-state index in [-0.39, 0.29) is 17.9 Å². The van der Waals surface area contributed by atoms with Crippen molar-refractivity contribution in [3.05, 3.63) is 34.2 Å². The molecule has 4 rings (SSSR count). The SMILES string of the molecule is Cc1cc(NC(=O)CN2CCN(CC(=O)N3CCC[C@@H]3c3cccs3)CC2)no1. The molecule has 9 heteroatoms. The third-order valence-electron chi connectivity index (χ3n) is 5.53. The van der Waals surface area contributed by atoms with Gasteiger partial charge >= 0.3 is 0 Å². The van der Waals surface area contributed by atoms with Crippen LogP contribution in [0.5, 0.6) is 0 Å². The number of thiophene rings is 1. The molecule has 0 bridgehead atoms. The summed E-state index contributed by atoms with van der Waals surface area (Å²) in [6.45, 7) is 6.54. The van der Waals surface area contributed by atoms with E-state index < -0.39 is 0 Å². The Labute approximate surface area is 174 Å². The highest BCUT2D eigenvalue weighted by atomic mass is 32.1. The van der Waals surface area contributed by atoms with Crippen LogP contribution in [0, 0.1) is 6.92 Å². The first-order valence-electron chi connectivity index (χ1n) is 10.1. The Bertz CT molecular complexity index is 829. The maximum absolute atomic E-state index is 12.9. The van der Waals surface area contributed by atoms with E-state index in [9.17, 15) is 9.59 Å². The molecule has 2 saturated heterocycles. The van der Waals surface area contributed by atoms with Gasteiger partial charge in [0.2, 0.25) is 11.8 Å². The lowest BCUT2D eigenvalue weighted by Crippen LogP contribution is -2.51. The van der Waals surface area contributed by atoms with E-state index in [1.54, 1.807) is 24.3 Å². The lowest BCUT2D eigenvalue weighted by molar-refractivity contribution is -0.134. The Kier molecular flexibility index (Phi) is 6.27. The molecule has 0 radical (unpaired) electrons. The van der Waals surface area contributed by atoms with E-state index in [1.165, 1.54) is 4.88 Å². The summed E-state index contributed by atoms with van der Waals surface area (Å²) in [5.74, 6) is 1.23. The maximum atomic E-state index is 12.9. The highest BCUT2D eigenvalue weighted by Gasteiger charge is 2.32. The molecule has 4 heterocycles. The summed E-state index contributed by atoms with van der Waals surface area (Å²) < 4.78 is 4.96. The van der Waals surface area contributed by atoms with Crippen molar-refractivity contribution >= 4 is 29.0 Å². The topological polar surface area (TPSA) is 81.9 Å². The van der Waals surface area contributed by atoms with E-state index in [1.807, 2.05) is 4.90 Å². The Balaban J connectivity index is 1.21. The molecule has 0 unspecified atom stereocenters. The van der Waals surface area contributed by atoms with Crippen LogP contribution in [-0.4, -0.2) is 77.5 Å². The lowest BCUT2D eigenvalue weighted by atomic mass is 10.2. The summed E-state index contributed by atoms with van der Waals surface area (Å²) in [5, 5.41) is 8.61. The average Bonchev–Trinajstić information content (AvgIpc) is 3.44. The molecule has 0 aromatic carbocycles. The molecule has 1 atom stereocenters. The highest BCUT2D eigenvalue weighted by Crippen LogP contribution is 2.34. The van der Waals surface area contributed by atoms with E-state index >= 15 is 0 Å². The van der Waals surface area contributed by atoms with Gasteiger partial charge in [0.15, 0.2) is 5.82 Å². The molecule has 2 fully saturated rings. The minimum absolute atomic E-state index is 0.0984. The van der Waals surface area contributed by atoms with Crippen molar-refractivity contribution in [1.82, 2.24) is 19.9 Å². The highest BCUT2D eigenvalue weighted by molar-refractivity contribution is 7.10. The van der Waals surface area contributed by atoms with Gasteiger partial charge in [-0.25, -0.2) is 0 Å². The van der Waals surface area contributed by atoms with Crippen molar-refractivity contribution in [1.29, 1.82) is 0 Å². The van der Waals surface area contributed by atoms with Crippen LogP contribution < -0.4 is 5.32 Å². The molecular formula is C20H27N5O3S. The number of aryl methyl sites for hydroxylation is 1. The van der Waals surface area contributed by atoms with Crippen LogP contribution in [0.25, 0.3) is 0 Å². The standard InChI is InChI=1S/C20H27N5O3S/c1-15-12-18(22-28-15)21-19(26)13-23-7-9-24(10-8-23)14-20(27)25-6-2-4-16(25)17-5-3-11-29-17/h3,5,11-12,16H,2,4,6-10,13-14H2,1H3,(H,21,22,26)/t16-/m1/s1. The molecule has 0 aliphatic carbocycles. The van der Waals surface area contributed by atoms with Gasteiger partial charge in [-0.2, -0.15) is 0 Å². The van der Waals surface area contributed by atoms with Crippen LogP contribution in [0.1, 0.15) is 29.5 Å². The van der Waals surface area contributed by atoms with Gasteiger partial charge < -0.3 is 14.7 Å². The normalized spacial score (nSPS) is 20.9. The Hall–Kier alpha value is -2.23. The fraction of sp³-hybridized carbons (Fsp3) is 0.550. The van der Waals surface area contributed by atoms with Gasteiger partial charge in [0, 0.05) is 43.7 Å². The van der Waals surface area contributed by atoms with Crippen molar-refractivity contribution < 1.29 is 14.1 Å². The third kappa shape index (κ3) is 5.04. The number of hydrogen-bond acceptors (Lipinski definition) is 7. The average molecular weight is 418 g/mol. The van der Waals surface area contributed by atoms with Crippen LogP contribution in [-0.2, 0) is 9.59 Å². The van der Waals surface area contributed by atoms with Crippen molar-refractivity contribution in [3.8, 4) is 0 Å². The first-order valence-corrected chi connectivity index (χ1v) is 11.0. The Morgan fingerprint density at radius 1 is 1.21 bits per heavy atom. The van der Waals surface area contributed by atoms with Crippen molar-refractivity contribution in [2.24, 2.45) is 0 Å². The first-order chi connectivity index (χ1) is 14.1. The van der Waals surface area contributed by atoms with E-state index in [0.717, 1.165) is 45.6 Å². The zero-order chi connectivity index (χ0) is 20.2. The van der Waals surface area contributed by atoms with Crippen LogP contribution in [0.3, 0.4) is 0 Å². The van der Waals surface area contributed by atoms with Gasteiger partial charge in [0.1, 0.15) is 5.76 Å². The molecule has 29 heavy (non-hydrogen) atoms. The monoisotopic (exact) mass is 417 g/mol. The van der Waals surface area contributed by atoms with E-state index in [0.29, 0.717) is 24.7 Å². The van der Waals surface area contributed by atoms with Crippen molar-refractivity contribution in [2.45, 2.75) is 25.8 Å². The molecular weight excluding hydrogens is 390 g/mol. The lowest BCUT2D eigenvalue weighted by Gasteiger charge is -2.35. The predicted molar refractivity (Wildman–Crippen MR) is 111 cm³/mol. The van der Waals surface area contributed by atoms with Crippen molar-refractivity contribution in [3.63, 3.8) is 0 Å². The summed E-state index contributed by atoms with van der Waals surface area (Å²) in [7, 11) is 0. The van der Waals surface area contributed by atoms with Gasteiger partial charge in [0.25, 0.3) is 0 Å². The minimum Gasteiger partial charge on any atom is -0.360 e. The summed E-state index contributed by atoms with van der Waals surface area (Å²) >= 11 is 1.73. The third-order valence-corrected chi connectivity index (χ3v) is 6.50. The number of amides is 2.